The normalized spacial score (nSPS) is 18.4. The van der Waals surface area contributed by atoms with Crippen molar-refractivity contribution in [1.29, 1.82) is 0 Å². The molecular formula is C31H38N6O2S. The highest BCUT2D eigenvalue weighted by Gasteiger charge is 2.28. The van der Waals surface area contributed by atoms with Crippen LogP contribution < -0.4 is 15.5 Å². The zero-order valence-corrected chi connectivity index (χ0v) is 24.2. The second-order valence-electron chi connectivity index (χ2n) is 11.5. The molecule has 210 valence electrons. The summed E-state index contributed by atoms with van der Waals surface area (Å²) in [4.78, 5) is 30.7. The van der Waals surface area contributed by atoms with Crippen molar-refractivity contribution in [2.45, 2.75) is 68.3 Å². The molecule has 3 aromatic rings. The summed E-state index contributed by atoms with van der Waals surface area (Å²) in [5, 5.41) is 6.88. The molecule has 3 aliphatic heterocycles. The zero-order valence-electron chi connectivity index (χ0n) is 23.4. The monoisotopic (exact) mass is 558 g/mol. The summed E-state index contributed by atoms with van der Waals surface area (Å²) in [5.74, 6) is 3.34. The Labute approximate surface area is 240 Å². The maximum atomic E-state index is 13.0. The lowest BCUT2D eigenvalue weighted by Gasteiger charge is -2.33. The van der Waals surface area contributed by atoms with Crippen LogP contribution >= 0.6 is 11.8 Å². The first-order valence-corrected chi connectivity index (χ1v) is 15.4. The maximum absolute atomic E-state index is 13.0. The molecular weight excluding hydrogens is 520 g/mol. The molecule has 1 aromatic carbocycles. The molecule has 2 aromatic heterocycles. The van der Waals surface area contributed by atoms with Crippen LogP contribution in [0.25, 0.3) is 0 Å². The van der Waals surface area contributed by atoms with Crippen molar-refractivity contribution in [2.24, 2.45) is 0 Å². The van der Waals surface area contributed by atoms with Gasteiger partial charge in [0.05, 0.1) is 16.1 Å². The van der Waals surface area contributed by atoms with Crippen molar-refractivity contribution >= 4 is 29.4 Å². The first kappa shape index (κ1) is 27.0. The van der Waals surface area contributed by atoms with E-state index in [1.165, 1.54) is 16.2 Å². The highest BCUT2D eigenvalue weighted by molar-refractivity contribution is 7.99. The standard InChI is InChI=1S/C31H38N6O2S/c1-31(2,24-7-14-32-15-8-24)36-29(38)23-5-3-21(4-6-23)22-9-16-37(17-10-22)30-34-26-13-20-40-27(26)28(35-30)33-25-11-18-39-19-12-25/h3-8,14-15,22,25H,9-13,16-20H2,1-2H3,(H,36,38)(H,33,34,35). The van der Waals surface area contributed by atoms with Gasteiger partial charge in [-0.1, -0.05) is 12.1 Å². The fraction of sp³-hybridized carbons (Fsp3) is 0.484. The summed E-state index contributed by atoms with van der Waals surface area (Å²) in [5.41, 5.74) is 3.70. The van der Waals surface area contributed by atoms with Gasteiger partial charge in [-0.05, 0) is 80.8 Å². The number of thioether (sulfide) groups is 1. The first-order valence-electron chi connectivity index (χ1n) is 14.4. The topological polar surface area (TPSA) is 92.3 Å². The van der Waals surface area contributed by atoms with Crippen molar-refractivity contribution < 1.29 is 9.53 Å². The third kappa shape index (κ3) is 5.95. The number of pyridine rings is 1. The number of ether oxygens (including phenoxy) is 1. The number of nitrogens with one attached hydrogen (secondary N) is 2. The van der Waals surface area contributed by atoms with Gasteiger partial charge in [0, 0.05) is 62.5 Å². The van der Waals surface area contributed by atoms with Crippen LogP contribution in [0.5, 0.6) is 0 Å². The quantitative estimate of drug-likeness (QED) is 0.411. The van der Waals surface area contributed by atoms with Crippen molar-refractivity contribution in [3.63, 3.8) is 0 Å². The highest BCUT2D eigenvalue weighted by Crippen LogP contribution is 2.38. The lowest BCUT2D eigenvalue weighted by Crippen LogP contribution is -2.41. The lowest BCUT2D eigenvalue weighted by molar-refractivity contribution is 0.0902. The number of nitrogens with zero attached hydrogens (tertiary/aromatic N) is 4. The van der Waals surface area contributed by atoms with E-state index in [1.54, 1.807) is 12.4 Å². The van der Waals surface area contributed by atoms with Crippen LogP contribution in [-0.4, -0.2) is 59.0 Å². The van der Waals surface area contributed by atoms with Gasteiger partial charge in [-0.2, -0.15) is 4.98 Å². The minimum Gasteiger partial charge on any atom is -0.381 e. The van der Waals surface area contributed by atoms with Gasteiger partial charge in [-0.15, -0.1) is 11.8 Å². The molecule has 3 aliphatic rings. The summed E-state index contributed by atoms with van der Waals surface area (Å²) >= 11 is 1.87. The third-order valence-electron chi connectivity index (χ3n) is 8.32. The average Bonchev–Trinajstić information content (AvgIpc) is 3.47. The van der Waals surface area contributed by atoms with Crippen molar-refractivity contribution in [3.8, 4) is 0 Å². The zero-order chi connectivity index (χ0) is 27.5. The smallest absolute Gasteiger partial charge is 0.251 e. The van der Waals surface area contributed by atoms with Crippen LogP contribution in [-0.2, 0) is 16.7 Å². The molecule has 40 heavy (non-hydrogen) atoms. The molecule has 1 amide bonds. The van der Waals surface area contributed by atoms with E-state index < -0.39 is 5.54 Å². The van der Waals surface area contributed by atoms with Gasteiger partial charge in [0.2, 0.25) is 5.95 Å². The number of aromatic nitrogens is 3. The molecule has 2 saturated heterocycles. The predicted octanol–water partition coefficient (Wildman–Crippen LogP) is 5.16. The molecule has 0 radical (unpaired) electrons. The number of hydrogen-bond donors (Lipinski definition) is 2. The Bertz CT molecular complexity index is 1320. The van der Waals surface area contributed by atoms with Crippen molar-refractivity contribution in [3.05, 3.63) is 71.2 Å². The Morgan fingerprint density at radius 3 is 2.45 bits per heavy atom. The van der Waals surface area contributed by atoms with E-state index in [0.29, 0.717) is 17.5 Å². The van der Waals surface area contributed by atoms with Crippen LogP contribution in [0.1, 0.15) is 72.6 Å². The summed E-state index contributed by atoms with van der Waals surface area (Å²) < 4.78 is 5.54. The largest absolute Gasteiger partial charge is 0.381 e. The SMILES string of the molecule is CC(C)(NC(=O)c1ccc(C2CCN(c3nc4c(c(NC5CCOCC5)n3)SCC4)CC2)cc1)c1ccncc1. The molecule has 2 fully saturated rings. The fourth-order valence-corrected chi connectivity index (χ4v) is 6.90. The summed E-state index contributed by atoms with van der Waals surface area (Å²) in [6, 6.07) is 12.4. The van der Waals surface area contributed by atoms with Crippen LogP contribution in [0.3, 0.4) is 0 Å². The van der Waals surface area contributed by atoms with E-state index in [9.17, 15) is 4.79 Å². The van der Waals surface area contributed by atoms with E-state index in [0.717, 1.165) is 81.5 Å². The summed E-state index contributed by atoms with van der Waals surface area (Å²) in [6.07, 6.45) is 8.63. The van der Waals surface area contributed by atoms with Gasteiger partial charge >= 0.3 is 0 Å². The van der Waals surface area contributed by atoms with E-state index in [4.69, 9.17) is 14.7 Å². The highest BCUT2D eigenvalue weighted by atomic mass is 32.2. The number of fused-ring (bicyclic) bond motifs is 1. The number of rotatable bonds is 7. The van der Waals surface area contributed by atoms with Crippen LogP contribution in [0.2, 0.25) is 0 Å². The average molecular weight is 559 g/mol. The van der Waals surface area contributed by atoms with Gasteiger partial charge in [-0.25, -0.2) is 4.98 Å². The molecule has 5 heterocycles. The summed E-state index contributed by atoms with van der Waals surface area (Å²) in [7, 11) is 0. The molecule has 2 N–H and O–H groups in total. The number of carbonyl (C=O) groups is 1. The number of anilines is 2. The van der Waals surface area contributed by atoms with Crippen LogP contribution in [0.4, 0.5) is 11.8 Å². The fourth-order valence-electron chi connectivity index (χ4n) is 5.85. The minimum absolute atomic E-state index is 0.0692. The molecule has 0 saturated carbocycles. The molecule has 0 bridgehead atoms. The number of carbonyl (C=O) groups excluding carboxylic acids is 1. The van der Waals surface area contributed by atoms with E-state index in [-0.39, 0.29) is 5.91 Å². The van der Waals surface area contributed by atoms with E-state index >= 15 is 0 Å². The third-order valence-corrected chi connectivity index (χ3v) is 9.45. The number of benzene rings is 1. The number of aryl methyl sites for hydroxylation is 1. The van der Waals surface area contributed by atoms with Gasteiger partial charge in [0.25, 0.3) is 5.91 Å². The summed E-state index contributed by atoms with van der Waals surface area (Å²) in [6.45, 7) is 7.50. The molecule has 9 heteroatoms. The molecule has 8 nitrogen and oxygen atoms in total. The molecule has 0 spiro atoms. The van der Waals surface area contributed by atoms with Crippen molar-refractivity contribution in [1.82, 2.24) is 20.3 Å². The Balaban J connectivity index is 1.08. The number of piperidine rings is 1. The van der Waals surface area contributed by atoms with E-state index in [1.807, 2.05) is 49.9 Å². The molecule has 0 aliphatic carbocycles. The second kappa shape index (κ2) is 11.7. The number of hydrogen-bond acceptors (Lipinski definition) is 8. The van der Waals surface area contributed by atoms with Crippen molar-refractivity contribution in [2.75, 3.05) is 42.3 Å². The predicted molar refractivity (Wildman–Crippen MR) is 159 cm³/mol. The van der Waals surface area contributed by atoms with Crippen LogP contribution in [0.15, 0.2) is 53.7 Å². The molecule has 0 atom stereocenters. The Morgan fingerprint density at radius 2 is 1.73 bits per heavy atom. The Morgan fingerprint density at radius 1 is 1.00 bits per heavy atom. The van der Waals surface area contributed by atoms with E-state index in [2.05, 4.69) is 32.7 Å². The number of amides is 1. The minimum atomic E-state index is -0.482. The maximum Gasteiger partial charge on any atom is 0.251 e. The molecule has 6 rings (SSSR count). The van der Waals surface area contributed by atoms with Gasteiger partial charge < -0.3 is 20.3 Å². The van der Waals surface area contributed by atoms with Crippen LogP contribution in [0, 0.1) is 0 Å². The first-order chi connectivity index (χ1) is 19.5. The van der Waals surface area contributed by atoms with Gasteiger partial charge in [-0.3, -0.25) is 9.78 Å². The Kier molecular flexibility index (Phi) is 7.94. The Hall–Kier alpha value is -3.17. The molecule has 0 unspecified atom stereocenters. The second-order valence-corrected chi connectivity index (χ2v) is 12.6. The van der Waals surface area contributed by atoms with Gasteiger partial charge in [0.15, 0.2) is 0 Å². The van der Waals surface area contributed by atoms with Gasteiger partial charge in [0.1, 0.15) is 5.82 Å². The lowest BCUT2D eigenvalue weighted by atomic mass is 9.89.